The Morgan fingerprint density at radius 2 is 1.64 bits per heavy atom. The molecular formula is C15H18F2N2O3. The molecule has 1 aromatic rings. The minimum atomic E-state index is -0.647. The summed E-state index contributed by atoms with van der Waals surface area (Å²) >= 11 is 0. The summed E-state index contributed by atoms with van der Waals surface area (Å²) in [4.78, 5) is 26.5. The van der Waals surface area contributed by atoms with Crippen LogP contribution in [0.4, 0.5) is 8.78 Å². The molecule has 0 radical (unpaired) electrons. The third-order valence-corrected chi connectivity index (χ3v) is 3.74. The molecule has 0 bridgehead atoms. The van der Waals surface area contributed by atoms with Crippen LogP contribution in [0.15, 0.2) is 18.2 Å². The van der Waals surface area contributed by atoms with Gasteiger partial charge in [0.1, 0.15) is 18.2 Å². The van der Waals surface area contributed by atoms with Gasteiger partial charge in [0.15, 0.2) is 0 Å². The number of rotatable bonds is 4. The molecule has 5 nitrogen and oxygen atoms in total. The summed E-state index contributed by atoms with van der Waals surface area (Å²) in [6, 6.07) is 3.32. The average Bonchev–Trinajstić information content (AvgIpc) is 2.53. The molecule has 2 amide bonds. The number of carbonyl (C=O) groups is 2. The number of aliphatic hydroxyl groups is 1. The highest BCUT2D eigenvalue weighted by Gasteiger charge is 2.23. The van der Waals surface area contributed by atoms with Crippen molar-refractivity contribution in [2.45, 2.75) is 12.8 Å². The molecule has 0 aromatic heterocycles. The minimum absolute atomic E-state index is 0.125. The third-order valence-electron chi connectivity index (χ3n) is 3.74. The van der Waals surface area contributed by atoms with Crippen molar-refractivity contribution in [2.24, 2.45) is 0 Å². The quantitative estimate of drug-likeness (QED) is 0.884. The molecule has 1 aliphatic rings. The first kappa shape index (κ1) is 16.4. The number of hydrogen-bond donors (Lipinski definition) is 1. The summed E-state index contributed by atoms with van der Waals surface area (Å²) in [5.74, 6) is -1.76. The maximum absolute atomic E-state index is 13.5. The second kappa shape index (κ2) is 7.31. The van der Waals surface area contributed by atoms with Crippen LogP contribution in [-0.4, -0.2) is 59.5 Å². The lowest BCUT2D eigenvalue weighted by Gasteiger charge is -2.34. The molecule has 1 fully saturated rings. The Kier molecular flexibility index (Phi) is 5.43. The van der Waals surface area contributed by atoms with E-state index >= 15 is 0 Å². The average molecular weight is 312 g/mol. The van der Waals surface area contributed by atoms with Gasteiger partial charge in [0.2, 0.25) is 11.8 Å². The van der Waals surface area contributed by atoms with E-state index in [9.17, 15) is 18.4 Å². The Morgan fingerprint density at radius 3 is 2.18 bits per heavy atom. The number of halogens is 2. The largest absolute Gasteiger partial charge is 0.387 e. The molecule has 1 aromatic carbocycles. The normalized spacial score (nSPS) is 15.0. The highest BCUT2D eigenvalue weighted by Crippen LogP contribution is 2.13. The van der Waals surface area contributed by atoms with Crippen molar-refractivity contribution < 1.29 is 23.5 Å². The predicted octanol–water partition coefficient (Wildman–Crippen LogP) is 0.560. The number of aliphatic hydroxyl groups excluding tert-OH is 1. The second-order valence-electron chi connectivity index (χ2n) is 5.16. The second-order valence-corrected chi connectivity index (χ2v) is 5.16. The van der Waals surface area contributed by atoms with Gasteiger partial charge in [0.05, 0.1) is 0 Å². The molecule has 1 saturated heterocycles. The van der Waals surface area contributed by atoms with Gasteiger partial charge in [0, 0.05) is 38.7 Å². The van der Waals surface area contributed by atoms with Crippen molar-refractivity contribution in [2.75, 3.05) is 32.8 Å². The fraction of sp³-hybridized carbons (Fsp3) is 0.467. The molecule has 0 aliphatic carbocycles. The first-order valence-corrected chi connectivity index (χ1v) is 7.11. The number of piperazine rings is 1. The van der Waals surface area contributed by atoms with Gasteiger partial charge in [-0.15, -0.1) is 0 Å². The first-order chi connectivity index (χ1) is 10.5. The Balaban J connectivity index is 1.82. The molecule has 1 heterocycles. The van der Waals surface area contributed by atoms with Crippen LogP contribution in [0.2, 0.25) is 0 Å². The van der Waals surface area contributed by atoms with Crippen molar-refractivity contribution in [3.63, 3.8) is 0 Å². The highest BCUT2D eigenvalue weighted by atomic mass is 19.1. The van der Waals surface area contributed by atoms with Crippen LogP contribution < -0.4 is 0 Å². The Morgan fingerprint density at radius 1 is 1.05 bits per heavy atom. The molecule has 7 heteroatoms. The third kappa shape index (κ3) is 4.00. The van der Waals surface area contributed by atoms with E-state index in [1.54, 1.807) is 4.90 Å². The van der Waals surface area contributed by atoms with E-state index in [2.05, 4.69) is 0 Å². The monoisotopic (exact) mass is 312 g/mol. The molecule has 1 aliphatic heterocycles. The van der Waals surface area contributed by atoms with Crippen LogP contribution >= 0.6 is 0 Å². The van der Waals surface area contributed by atoms with E-state index in [1.807, 2.05) is 0 Å². The fourth-order valence-corrected chi connectivity index (χ4v) is 2.43. The van der Waals surface area contributed by atoms with Crippen molar-refractivity contribution in [1.29, 1.82) is 0 Å². The van der Waals surface area contributed by atoms with Crippen LogP contribution in [0.25, 0.3) is 0 Å². The summed E-state index contributed by atoms with van der Waals surface area (Å²) in [6.07, 6.45) is 0.344. The standard InChI is InChI=1S/C15H18F2N2O3/c16-12-3-1-11(13(17)9-12)2-4-14(21)18-5-7-19(8-6-18)15(22)10-20/h1,3,9,20H,2,4-8,10H2. The van der Waals surface area contributed by atoms with Crippen molar-refractivity contribution in [1.82, 2.24) is 9.80 Å². The summed E-state index contributed by atoms with van der Waals surface area (Å²) in [7, 11) is 0. The van der Waals surface area contributed by atoms with Gasteiger partial charge in [0.25, 0.3) is 0 Å². The van der Waals surface area contributed by atoms with Crippen LogP contribution in [0.1, 0.15) is 12.0 Å². The molecule has 120 valence electrons. The number of aryl methyl sites for hydroxylation is 1. The molecule has 1 N–H and O–H groups in total. The minimum Gasteiger partial charge on any atom is -0.387 e. The molecule has 0 spiro atoms. The zero-order valence-electron chi connectivity index (χ0n) is 12.1. The fourth-order valence-electron chi connectivity index (χ4n) is 2.43. The van der Waals surface area contributed by atoms with Crippen LogP contribution in [0.5, 0.6) is 0 Å². The van der Waals surface area contributed by atoms with Gasteiger partial charge < -0.3 is 14.9 Å². The summed E-state index contributed by atoms with van der Waals surface area (Å²) in [5, 5.41) is 8.78. The number of benzene rings is 1. The SMILES string of the molecule is O=C(CO)N1CCN(C(=O)CCc2ccc(F)cc2F)CC1. The lowest BCUT2D eigenvalue weighted by Crippen LogP contribution is -2.51. The van der Waals surface area contributed by atoms with Crippen molar-refractivity contribution in [3.8, 4) is 0 Å². The van der Waals surface area contributed by atoms with Crippen LogP contribution in [0, 0.1) is 11.6 Å². The number of hydrogen-bond acceptors (Lipinski definition) is 3. The van der Waals surface area contributed by atoms with Gasteiger partial charge in [-0.3, -0.25) is 9.59 Å². The zero-order chi connectivity index (χ0) is 16.1. The topological polar surface area (TPSA) is 60.9 Å². The Labute approximate surface area is 127 Å². The number of carbonyl (C=O) groups excluding carboxylic acids is 2. The van der Waals surface area contributed by atoms with E-state index in [0.717, 1.165) is 6.07 Å². The Hall–Kier alpha value is -2.02. The van der Waals surface area contributed by atoms with Crippen LogP contribution in [-0.2, 0) is 16.0 Å². The summed E-state index contributed by atoms with van der Waals surface area (Å²) in [6.45, 7) is 1.04. The summed E-state index contributed by atoms with van der Waals surface area (Å²) in [5.41, 5.74) is 0.309. The lowest BCUT2D eigenvalue weighted by molar-refractivity contribution is -0.141. The van der Waals surface area contributed by atoms with Crippen molar-refractivity contribution >= 4 is 11.8 Å². The summed E-state index contributed by atoms with van der Waals surface area (Å²) < 4.78 is 26.3. The molecule has 0 unspecified atom stereocenters. The predicted molar refractivity (Wildman–Crippen MR) is 74.9 cm³/mol. The molecule has 0 saturated carbocycles. The molecular weight excluding hydrogens is 294 g/mol. The number of amides is 2. The molecule has 2 rings (SSSR count). The maximum atomic E-state index is 13.5. The zero-order valence-corrected chi connectivity index (χ0v) is 12.1. The van der Waals surface area contributed by atoms with Crippen LogP contribution in [0.3, 0.4) is 0 Å². The number of nitrogens with zero attached hydrogens (tertiary/aromatic N) is 2. The van der Waals surface area contributed by atoms with Crippen molar-refractivity contribution in [3.05, 3.63) is 35.4 Å². The van der Waals surface area contributed by atoms with Gasteiger partial charge in [-0.2, -0.15) is 0 Å². The smallest absolute Gasteiger partial charge is 0.248 e. The Bertz CT molecular complexity index is 558. The highest BCUT2D eigenvalue weighted by molar-refractivity contribution is 5.79. The van der Waals surface area contributed by atoms with E-state index in [0.29, 0.717) is 31.7 Å². The maximum Gasteiger partial charge on any atom is 0.248 e. The molecule has 0 atom stereocenters. The van der Waals surface area contributed by atoms with Gasteiger partial charge in [-0.1, -0.05) is 6.07 Å². The molecule has 22 heavy (non-hydrogen) atoms. The van der Waals surface area contributed by atoms with Gasteiger partial charge in [-0.05, 0) is 18.1 Å². The van der Waals surface area contributed by atoms with E-state index in [4.69, 9.17) is 5.11 Å². The van der Waals surface area contributed by atoms with E-state index in [-0.39, 0.29) is 24.7 Å². The van der Waals surface area contributed by atoms with E-state index < -0.39 is 18.2 Å². The van der Waals surface area contributed by atoms with Gasteiger partial charge in [-0.25, -0.2) is 8.78 Å². The lowest BCUT2D eigenvalue weighted by atomic mass is 10.1. The van der Waals surface area contributed by atoms with Gasteiger partial charge >= 0.3 is 0 Å². The van der Waals surface area contributed by atoms with E-state index in [1.165, 1.54) is 17.0 Å². The first-order valence-electron chi connectivity index (χ1n) is 7.11.